The summed E-state index contributed by atoms with van der Waals surface area (Å²) in [6.07, 6.45) is 1.07. The molecule has 2 fully saturated rings. The average Bonchev–Trinajstić information content (AvgIpc) is 2.68. The molecule has 160 valence electrons. The highest BCUT2D eigenvalue weighted by atomic mass is 19.4. The summed E-state index contributed by atoms with van der Waals surface area (Å²) in [4.78, 5) is 26.8. The predicted octanol–water partition coefficient (Wildman–Crippen LogP) is 3.79. The molecule has 0 bridgehead atoms. The maximum Gasteiger partial charge on any atom is 0.416 e. The molecule has 2 aliphatic rings. The van der Waals surface area contributed by atoms with Crippen LogP contribution in [0.15, 0.2) is 24.3 Å². The second-order valence-electron chi connectivity index (χ2n) is 8.15. The van der Waals surface area contributed by atoms with Gasteiger partial charge in [0.15, 0.2) is 0 Å². The first-order chi connectivity index (χ1) is 13.7. The second kappa shape index (κ2) is 9.15. The first-order valence-electron chi connectivity index (χ1n) is 10.3. The van der Waals surface area contributed by atoms with Gasteiger partial charge in [-0.2, -0.15) is 13.2 Å². The van der Waals surface area contributed by atoms with Crippen LogP contribution in [0.4, 0.5) is 18.9 Å². The highest BCUT2D eigenvalue weighted by Crippen LogP contribution is 2.31. The number of hydrogen-bond acceptors (Lipinski definition) is 3. The number of rotatable bonds is 4. The van der Waals surface area contributed by atoms with Gasteiger partial charge in [0.25, 0.3) is 0 Å². The summed E-state index contributed by atoms with van der Waals surface area (Å²) in [5.74, 6) is -0.151. The third-order valence-corrected chi connectivity index (χ3v) is 6.01. The molecule has 3 rings (SSSR count). The summed E-state index contributed by atoms with van der Waals surface area (Å²) < 4.78 is 38.4. The molecule has 1 aliphatic heterocycles. The Hall–Kier alpha value is -2.09. The molecule has 1 saturated carbocycles. The number of piperidine rings is 1. The van der Waals surface area contributed by atoms with Crippen LogP contribution >= 0.6 is 0 Å². The Bertz CT molecular complexity index is 730. The van der Waals surface area contributed by atoms with E-state index in [1.807, 2.05) is 4.90 Å². The van der Waals surface area contributed by atoms with Crippen molar-refractivity contribution in [2.24, 2.45) is 17.6 Å². The molecular formula is C21H28F3N3O2. The van der Waals surface area contributed by atoms with E-state index in [1.54, 1.807) is 0 Å². The molecule has 1 saturated heterocycles. The number of nitrogens with one attached hydrogen (secondary N) is 1. The topological polar surface area (TPSA) is 75.4 Å². The van der Waals surface area contributed by atoms with Crippen LogP contribution in [0, 0.1) is 11.8 Å². The van der Waals surface area contributed by atoms with E-state index in [1.165, 1.54) is 12.1 Å². The highest BCUT2D eigenvalue weighted by Gasteiger charge is 2.34. The number of alkyl halides is 3. The summed E-state index contributed by atoms with van der Waals surface area (Å²) in [5.41, 5.74) is 5.47. The van der Waals surface area contributed by atoms with Crippen LogP contribution in [0.25, 0.3) is 0 Å². The number of nitrogens with two attached hydrogens (primary N) is 1. The number of likely N-dealkylation sites (tertiary alicyclic amines) is 1. The minimum absolute atomic E-state index is 0.0628. The fourth-order valence-electron chi connectivity index (χ4n) is 4.31. The number of amides is 2. The Morgan fingerprint density at radius 2 is 1.79 bits per heavy atom. The number of hydrogen-bond donors (Lipinski definition) is 2. The first kappa shape index (κ1) is 21.6. The molecule has 0 aromatic heterocycles. The highest BCUT2D eigenvalue weighted by molar-refractivity contribution is 5.91. The molecule has 1 aromatic rings. The van der Waals surface area contributed by atoms with Crippen molar-refractivity contribution < 1.29 is 22.8 Å². The Kier molecular flexibility index (Phi) is 6.82. The average molecular weight is 411 g/mol. The van der Waals surface area contributed by atoms with E-state index in [0.717, 1.165) is 37.8 Å². The van der Waals surface area contributed by atoms with E-state index in [2.05, 4.69) is 5.32 Å². The lowest BCUT2D eigenvalue weighted by Crippen LogP contribution is -2.48. The van der Waals surface area contributed by atoms with Crippen LogP contribution < -0.4 is 11.1 Å². The fourth-order valence-corrected chi connectivity index (χ4v) is 4.31. The molecule has 3 N–H and O–H groups in total. The SMILES string of the molecule is N[C@H]1CCCC[C@@H]1C(=O)N1CCC(CC(=O)Nc2cccc(C(F)(F)F)c2)CC1. The van der Waals surface area contributed by atoms with E-state index >= 15 is 0 Å². The third-order valence-electron chi connectivity index (χ3n) is 6.01. The Balaban J connectivity index is 1.47. The molecule has 2 amide bonds. The van der Waals surface area contributed by atoms with Gasteiger partial charge in [0, 0.05) is 31.2 Å². The van der Waals surface area contributed by atoms with E-state index in [-0.39, 0.29) is 41.8 Å². The van der Waals surface area contributed by atoms with Gasteiger partial charge in [-0.1, -0.05) is 18.9 Å². The van der Waals surface area contributed by atoms with Crippen LogP contribution in [0.5, 0.6) is 0 Å². The Labute approximate surface area is 168 Å². The number of carbonyl (C=O) groups is 2. The lowest BCUT2D eigenvalue weighted by Gasteiger charge is -2.37. The maximum atomic E-state index is 12.8. The van der Waals surface area contributed by atoms with Crippen LogP contribution in [-0.4, -0.2) is 35.8 Å². The molecule has 0 unspecified atom stereocenters. The molecule has 2 atom stereocenters. The summed E-state index contributed by atoms with van der Waals surface area (Å²) in [6.45, 7) is 1.20. The molecule has 1 aromatic carbocycles. The normalized spacial score (nSPS) is 23.7. The van der Waals surface area contributed by atoms with Crippen molar-refractivity contribution in [1.82, 2.24) is 4.90 Å². The van der Waals surface area contributed by atoms with Gasteiger partial charge < -0.3 is 16.0 Å². The standard InChI is InChI=1S/C21H28F3N3O2/c22-21(23,24)15-4-3-5-16(13-15)26-19(28)12-14-8-10-27(11-9-14)20(29)17-6-1-2-7-18(17)25/h3-5,13-14,17-18H,1-2,6-12,25H2,(H,26,28)/t17-,18-/m0/s1. The van der Waals surface area contributed by atoms with E-state index < -0.39 is 11.7 Å². The van der Waals surface area contributed by atoms with Gasteiger partial charge >= 0.3 is 6.18 Å². The van der Waals surface area contributed by atoms with Crippen molar-refractivity contribution in [3.05, 3.63) is 29.8 Å². The third kappa shape index (κ3) is 5.72. The van der Waals surface area contributed by atoms with Crippen LogP contribution in [-0.2, 0) is 15.8 Å². The van der Waals surface area contributed by atoms with E-state index in [0.29, 0.717) is 25.9 Å². The lowest BCUT2D eigenvalue weighted by molar-refractivity contribution is -0.139. The zero-order chi connectivity index (χ0) is 21.0. The molecule has 8 heteroatoms. The molecule has 0 radical (unpaired) electrons. The lowest BCUT2D eigenvalue weighted by atomic mass is 9.83. The van der Waals surface area contributed by atoms with Crippen molar-refractivity contribution >= 4 is 17.5 Å². The van der Waals surface area contributed by atoms with Crippen molar-refractivity contribution in [1.29, 1.82) is 0 Å². The number of carbonyl (C=O) groups excluding carboxylic acids is 2. The zero-order valence-electron chi connectivity index (χ0n) is 16.4. The van der Waals surface area contributed by atoms with Crippen molar-refractivity contribution in [3.63, 3.8) is 0 Å². The Morgan fingerprint density at radius 3 is 2.45 bits per heavy atom. The molecular weight excluding hydrogens is 383 g/mol. The minimum atomic E-state index is -4.44. The predicted molar refractivity (Wildman–Crippen MR) is 104 cm³/mol. The Morgan fingerprint density at radius 1 is 1.10 bits per heavy atom. The summed E-state index contributed by atoms with van der Waals surface area (Å²) in [7, 11) is 0. The van der Waals surface area contributed by atoms with Gasteiger partial charge in [0.05, 0.1) is 11.5 Å². The summed E-state index contributed by atoms with van der Waals surface area (Å²) in [5, 5.41) is 2.56. The van der Waals surface area contributed by atoms with Gasteiger partial charge in [0.1, 0.15) is 0 Å². The van der Waals surface area contributed by atoms with E-state index in [9.17, 15) is 22.8 Å². The molecule has 1 heterocycles. The quantitative estimate of drug-likeness (QED) is 0.792. The van der Waals surface area contributed by atoms with Crippen LogP contribution in [0.2, 0.25) is 0 Å². The summed E-state index contributed by atoms with van der Waals surface area (Å²) in [6, 6.07) is 4.57. The largest absolute Gasteiger partial charge is 0.416 e. The van der Waals surface area contributed by atoms with Crippen molar-refractivity contribution in [2.45, 2.75) is 57.2 Å². The van der Waals surface area contributed by atoms with E-state index in [4.69, 9.17) is 5.73 Å². The number of anilines is 1. The minimum Gasteiger partial charge on any atom is -0.342 e. The van der Waals surface area contributed by atoms with Gasteiger partial charge in [-0.05, 0) is 49.8 Å². The second-order valence-corrected chi connectivity index (χ2v) is 8.15. The molecule has 5 nitrogen and oxygen atoms in total. The van der Waals surface area contributed by atoms with Crippen molar-refractivity contribution in [2.75, 3.05) is 18.4 Å². The smallest absolute Gasteiger partial charge is 0.342 e. The monoisotopic (exact) mass is 411 g/mol. The van der Waals surface area contributed by atoms with Crippen LogP contribution in [0.3, 0.4) is 0 Å². The van der Waals surface area contributed by atoms with Gasteiger partial charge in [-0.25, -0.2) is 0 Å². The maximum absolute atomic E-state index is 12.8. The zero-order valence-corrected chi connectivity index (χ0v) is 16.4. The molecule has 0 spiro atoms. The van der Waals surface area contributed by atoms with Crippen molar-refractivity contribution in [3.8, 4) is 0 Å². The fraction of sp³-hybridized carbons (Fsp3) is 0.619. The number of halogens is 3. The molecule has 29 heavy (non-hydrogen) atoms. The molecule has 1 aliphatic carbocycles. The summed E-state index contributed by atoms with van der Waals surface area (Å²) >= 11 is 0. The number of benzene rings is 1. The van der Waals surface area contributed by atoms with Gasteiger partial charge in [-0.3, -0.25) is 9.59 Å². The first-order valence-corrected chi connectivity index (χ1v) is 10.3. The van der Waals surface area contributed by atoms with Gasteiger partial charge in [-0.15, -0.1) is 0 Å². The van der Waals surface area contributed by atoms with Crippen LogP contribution in [0.1, 0.15) is 50.5 Å². The van der Waals surface area contributed by atoms with Gasteiger partial charge in [0.2, 0.25) is 11.8 Å². The number of nitrogens with zero attached hydrogens (tertiary/aromatic N) is 1.